The summed E-state index contributed by atoms with van der Waals surface area (Å²) in [5.74, 6) is -0.276. The summed E-state index contributed by atoms with van der Waals surface area (Å²) in [7, 11) is 0. The van der Waals surface area contributed by atoms with Gasteiger partial charge < -0.3 is 14.9 Å². The van der Waals surface area contributed by atoms with E-state index in [1.807, 2.05) is 24.3 Å². The highest BCUT2D eigenvalue weighted by Crippen LogP contribution is 2.12. The van der Waals surface area contributed by atoms with Crippen molar-refractivity contribution in [1.82, 2.24) is 29.6 Å². The third kappa shape index (κ3) is 3.57. The van der Waals surface area contributed by atoms with Gasteiger partial charge in [0.2, 0.25) is 0 Å². The predicted octanol–water partition coefficient (Wildman–Crippen LogP) is 1.22. The average molecular weight is 390 g/mol. The van der Waals surface area contributed by atoms with Crippen molar-refractivity contribution < 1.29 is 4.79 Å². The lowest BCUT2D eigenvalue weighted by atomic mass is 10.1. The van der Waals surface area contributed by atoms with Crippen LogP contribution in [0.2, 0.25) is 0 Å². The van der Waals surface area contributed by atoms with Crippen molar-refractivity contribution in [3.8, 4) is 5.69 Å². The van der Waals surface area contributed by atoms with Gasteiger partial charge in [-0.1, -0.05) is 12.1 Å². The lowest BCUT2D eigenvalue weighted by Crippen LogP contribution is -2.36. The van der Waals surface area contributed by atoms with Crippen LogP contribution in [0.5, 0.6) is 0 Å². The van der Waals surface area contributed by atoms with Gasteiger partial charge in [-0.2, -0.15) is 5.10 Å². The minimum absolute atomic E-state index is 0.276. The normalized spacial score (nSPS) is 10.9. The minimum atomic E-state index is -0.704. The Bertz CT molecular complexity index is 1290. The van der Waals surface area contributed by atoms with Gasteiger partial charge in [0.15, 0.2) is 0 Å². The third-order valence-corrected chi connectivity index (χ3v) is 4.63. The second-order valence-electron chi connectivity index (χ2n) is 6.42. The molecule has 9 nitrogen and oxygen atoms in total. The van der Waals surface area contributed by atoms with Gasteiger partial charge in [0.05, 0.1) is 16.7 Å². The smallest absolute Gasteiger partial charge is 0.316 e. The molecule has 146 valence electrons. The zero-order valence-electron chi connectivity index (χ0n) is 15.6. The van der Waals surface area contributed by atoms with Crippen LogP contribution in [0.1, 0.15) is 22.8 Å². The van der Waals surface area contributed by atoms with Crippen LogP contribution >= 0.6 is 0 Å². The maximum atomic E-state index is 12.5. The molecule has 0 fully saturated rings. The molecule has 0 aliphatic rings. The molecule has 0 atom stereocenters. The maximum Gasteiger partial charge on any atom is 0.316 e. The molecule has 29 heavy (non-hydrogen) atoms. The van der Waals surface area contributed by atoms with E-state index in [0.717, 1.165) is 11.3 Å². The van der Waals surface area contributed by atoms with Crippen molar-refractivity contribution in [3.63, 3.8) is 0 Å². The van der Waals surface area contributed by atoms with Crippen LogP contribution in [-0.2, 0) is 13.1 Å². The number of fused-ring (bicyclic) bond motifs is 1. The molecule has 9 heteroatoms. The Kier molecular flexibility index (Phi) is 4.78. The molecule has 0 bridgehead atoms. The Morgan fingerprint density at radius 1 is 1.14 bits per heavy atom. The number of aromatic amines is 1. The second kappa shape index (κ2) is 7.55. The highest BCUT2D eigenvalue weighted by molar-refractivity contribution is 5.97. The summed E-state index contributed by atoms with van der Waals surface area (Å²) in [6, 6.07) is 12.4. The molecule has 1 amide bonds. The van der Waals surface area contributed by atoms with E-state index in [4.69, 9.17) is 0 Å². The fourth-order valence-electron chi connectivity index (χ4n) is 3.13. The monoisotopic (exact) mass is 390 g/mol. The van der Waals surface area contributed by atoms with E-state index >= 15 is 0 Å². The van der Waals surface area contributed by atoms with Gasteiger partial charge in [-0.3, -0.25) is 14.4 Å². The van der Waals surface area contributed by atoms with Crippen LogP contribution in [0, 0.1) is 0 Å². The second-order valence-corrected chi connectivity index (χ2v) is 6.42. The van der Waals surface area contributed by atoms with E-state index in [0.29, 0.717) is 29.7 Å². The van der Waals surface area contributed by atoms with Gasteiger partial charge in [-0.05, 0) is 42.8 Å². The van der Waals surface area contributed by atoms with Gasteiger partial charge in [0.1, 0.15) is 12.7 Å². The maximum absolute atomic E-state index is 12.5. The van der Waals surface area contributed by atoms with Crippen molar-refractivity contribution in [2.24, 2.45) is 0 Å². The predicted molar refractivity (Wildman–Crippen MR) is 107 cm³/mol. The van der Waals surface area contributed by atoms with Gasteiger partial charge >= 0.3 is 11.1 Å². The molecule has 4 aromatic rings. The molecule has 2 aromatic heterocycles. The summed E-state index contributed by atoms with van der Waals surface area (Å²) in [4.78, 5) is 42.7. The highest BCUT2D eigenvalue weighted by atomic mass is 16.2. The molecule has 4 rings (SSSR count). The van der Waals surface area contributed by atoms with E-state index in [2.05, 4.69) is 20.4 Å². The van der Waals surface area contributed by atoms with Crippen molar-refractivity contribution in [3.05, 3.63) is 87.0 Å². The Morgan fingerprint density at radius 3 is 2.62 bits per heavy atom. The summed E-state index contributed by atoms with van der Waals surface area (Å²) in [6.45, 7) is 2.50. The standard InChI is InChI=1S/C20H18N6O3/c1-2-25-17-8-5-14(9-16(17)24-19(28)20(25)29)18(27)22-10-13-3-6-15(7-4-13)26-12-21-11-23-26/h3-9,11-12H,2,10H2,1H3,(H,22,27)(H,24,28). The minimum Gasteiger partial charge on any atom is -0.348 e. The number of benzene rings is 2. The molecule has 0 aliphatic heterocycles. The Labute approximate surface area is 164 Å². The quantitative estimate of drug-likeness (QED) is 0.497. The van der Waals surface area contributed by atoms with Crippen LogP contribution in [0.3, 0.4) is 0 Å². The number of rotatable bonds is 5. The lowest BCUT2D eigenvalue weighted by molar-refractivity contribution is 0.0951. The van der Waals surface area contributed by atoms with Crippen molar-refractivity contribution in [1.29, 1.82) is 0 Å². The largest absolute Gasteiger partial charge is 0.348 e. The molecule has 0 saturated heterocycles. The fraction of sp³-hybridized carbons (Fsp3) is 0.150. The average Bonchev–Trinajstić information content (AvgIpc) is 3.28. The SMILES string of the molecule is CCn1c(=O)c(=O)[nH]c2cc(C(=O)NCc3ccc(-n4cncn4)cc3)ccc21. The van der Waals surface area contributed by atoms with Crippen LogP contribution in [0.25, 0.3) is 16.7 Å². The first-order valence-corrected chi connectivity index (χ1v) is 9.06. The number of carbonyl (C=O) groups is 1. The Morgan fingerprint density at radius 2 is 1.93 bits per heavy atom. The fourth-order valence-corrected chi connectivity index (χ4v) is 3.13. The zero-order valence-corrected chi connectivity index (χ0v) is 15.6. The molecule has 0 unspecified atom stereocenters. The summed E-state index contributed by atoms with van der Waals surface area (Å²) in [6.07, 6.45) is 3.07. The van der Waals surface area contributed by atoms with E-state index in [1.165, 1.54) is 10.9 Å². The Hall–Kier alpha value is -4.01. The number of aromatic nitrogens is 5. The van der Waals surface area contributed by atoms with Crippen LogP contribution in [0.15, 0.2) is 64.7 Å². The van der Waals surface area contributed by atoms with Crippen LogP contribution < -0.4 is 16.4 Å². The molecular weight excluding hydrogens is 372 g/mol. The van der Waals surface area contributed by atoms with E-state index in [-0.39, 0.29) is 5.91 Å². The summed E-state index contributed by atoms with van der Waals surface area (Å²) < 4.78 is 3.03. The van der Waals surface area contributed by atoms with E-state index in [1.54, 1.807) is 36.1 Å². The number of nitrogens with one attached hydrogen (secondary N) is 2. The zero-order chi connectivity index (χ0) is 20.4. The number of H-pyrrole nitrogens is 1. The highest BCUT2D eigenvalue weighted by Gasteiger charge is 2.11. The van der Waals surface area contributed by atoms with E-state index < -0.39 is 11.1 Å². The van der Waals surface area contributed by atoms with Gasteiger partial charge in [0, 0.05) is 18.7 Å². The third-order valence-electron chi connectivity index (χ3n) is 4.63. The summed E-state index contributed by atoms with van der Waals surface area (Å²) in [5.41, 5.74) is 1.91. The number of aryl methyl sites for hydroxylation is 1. The number of carbonyl (C=O) groups excluding carboxylic acids is 1. The molecule has 0 radical (unpaired) electrons. The number of nitrogens with zero attached hydrogens (tertiary/aromatic N) is 4. The number of hydrogen-bond acceptors (Lipinski definition) is 5. The first kappa shape index (κ1) is 18.4. The van der Waals surface area contributed by atoms with Gasteiger partial charge in [-0.15, -0.1) is 0 Å². The van der Waals surface area contributed by atoms with Crippen molar-refractivity contribution in [2.75, 3.05) is 0 Å². The first-order chi connectivity index (χ1) is 14.1. The molecule has 0 spiro atoms. The molecular formula is C20H18N6O3. The summed E-state index contributed by atoms with van der Waals surface area (Å²) in [5, 5.41) is 6.92. The molecule has 2 heterocycles. The van der Waals surface area contributed by atoms with Crippen molar-refractivity contribution >= 4 is 16.9 Å². The van der Waals surface area contributed by atoms with Gasteiger partial charge in [0.25, 0.3) is 5.91 Å². The van der Waals surface area contributed by atoms with Gasteiger partial charge in [-0.25, -0.2) is 9.67 Å². The van der Waals surface area contributed by atoms with Crippen molar-refractivity contribution in [2.45, 2.75) is 20.0 Å². The van der Waals surface area contributed by atoms with Crippen LogP contribution in [0.4, 0.5) is 0 Å². The lowest BCUT2D eigenvalue weighted by Gasteiger charge is -2.10. The molecule has 0 aliphatic carbocycles. The summed E-state index contributed by atoms with van der Waals surface area (Å²) >= 11 is 0. The van der Waals surface area contributed by atoms with Crippen LogP contribution in [-0.4, -0.2) is 30.2 Å². The molecule has 2 N–H and O–H groups in total. The number of hydrogen-bond donors (Lipinski definition) is 2. The Balaban J connectivity index is 1.51. The number of amides is 1. The molecule has 0 saturated carbocycles. The molecule has 2 aromatic carbocycles. The topological polar surface area (TPSA) is 115 Å². The van der Waals surface area contributed by atoms with E-state index in [9.17, 15) is 14.4 Å². The first-order valence-electron chi connectivity index (χ1n) is 9.06.